The number of rotatable bonds is 4. The van der Waals surface area contributed by atoms with E-state index in [0.717, 1.165) is 24.6 Å². The van der Waals surface area contributed by atoms with Crippen LogP contribution >= 0.6 is 23.2 Å². The number of benzene rings is 2. The van der Waals surface area contributed by atoms with Gasteiger partial charge in [0.2, 0.25) is 15.9 Å². The first-order valence-electron chi connectivity index (χ1n) is 8.97. The van der Waals surface area contributed by atoms with Crippen LogP contribution in [0.2, 0.25) is 10.0 Å². The molecule has 2 amide bonds. The van der Waals surface area contributed by atoms with E-state index in [-0.39, 0.29) is 17.1 Å². The largest absolute Gasteiger partial charge is 0.327 e. The lowest BCUT2D eigenvalue weighted by molar-refractivity contribution is -0.121. The highest BCUT2D eigenvalue weighted by Gasteiger charge is 2.33. The Labute approximate surface area is 183 Å². The van der Waals surface area contributed by atoms with Gasteiger partial charge >= 0.3 is 0 Å². The van der Waals surface area contributed by atoms with E-state index in [2.05, 4.69) is 5.32 Å². The highest BCUT2D eigenvalue weighted by Crippen LogP contribution is 2.28. The van der Waals surface area contributed by atoms with Crippen molar-refractivity contribution in [3.63, 3.8) is 0 Å². The fourth-order valence-corrected chi connectivity index (χ4v) is 4.24. The second-order valence-electron chi connectivity index (χ2n) is 6.81. The molecular weight excluding hydrogens is 456 g/mol. The van der Waals surface area contributed by atoms with Gasteiger partial charge in [0.25, 0.3) is 5.91 Å². The molecule has 1 saturated heterocycles. The summed E-state index contributed by atoms with van der Waals surface area (Å²) in [4.78, 5) is 26.4. The number of nitrogens with one attached hydrogen (secondary N) is 1. The number of likely N-dealkylation sites (tertiary alicyclic amines) is 1. The van der Waals surface area contributed by atoms with Crippen molar-refractivity contribution >= 4 is 50.7 Å². The molecule has 11 heteroatoms. The van der Waals surface area contributed by atoms with Crippen LogP contribution in [0.4, 0.5) is 10.1 Å². The van der Waals surface area contributed by atoms with E-state index in [1.807, 2.05) is 0 Å². The van der Waals surface area contributed by atoms with E-state index in [0.29, 0.717) is 23.6 Å². The average Bonchev–Trinajstić information content (AvgIpc) is 2.69. The van der Waals surface area contributed by atoms with Gasteiger partial charge in [0, 0.05) is 17.1 Å². The van der Waals surface area contributed by atoms with Crippen LogP contribution in [0, 0.1) is 5.82 Å². The molecule has 0 bridgehead atoms. The number of hydrogen-bond donors (Lipinski definition) is 2. The van der Waals surface area contributed by atoms with Gasteiger partial charge in [-0.3, -0.25) is 9.59 Å². The van der Waals surface area contributed by atoms with Crippen molar-refractivity contribution in [2.75, 3.05) is 11.9 Å². The molecule has 0 aromatic heterocycles. The number of nitrogens with two attached hydrogens (primary N) is 1. The van der Waals surface area contributed by atoms with Crippen molar-refractivity contribution in [3.05, 3.63) is 57.8 Å². The predicted octanol–water partition coefficient (Wildman–Crippen LogP) is 3.41. The molecule has 1 fully saturated rings. The summed E-state index contributed by atoms with van der Waals surface area (Å²) in [6.45, 7) is 0.280. The highest BCUT2D eigenvalue weighted by atomic mass is 35.5. The number of sulfonamides is 1. The molecule has 7 nitrogen and oxygen atoms in total. The lowest BCUT2D eigenvalue weighted by Crippen LogP contribution is -2.50. The fraction of sp³-hybridized carbons (Fsp3) is 0.263. The first-order chi connectivity index (χ1) is 14.1. The third kappa shape index (κ3) is 4.92. The number of halogens is 3. The standard InChI is InChI=1S/C19H18Cl2FN3O4S/c20-12-5-6-13(21)15(10-12)24-18(26)16-3-1-2-8-25(16)19(27)11-4-7-14(22)17(9-11)30(23,28)29/h4-7,9-10,16H,1-3,8H2,(H,24,26)(H2,23,28,29). The Morgan fingerprint density at radius 2 is 1.87 bits per heavy atom. The topological polar surface area (TPSA) is 110 Å². The van der Waals surface area contributed by atoms with Gasteiger partial charge in [-0.2, -0.15) is 0 Å². The highest BCUT2D eigenvalue weighted by molar-refractivity contribution is 7.89. The van der Waals surface area contributed by atoms with E-state index in [1.165, 1.54) is 17.0 Å². The van der Waals surface area contributed by atoms with Crippen LogP contribution in [0.3, 0.4) is 0 Å². The van der Waals surface area contributed by atoms with E-state index in [9.17, 15) is 22.4 Å². The van der Waals surface area contributed by atoms with Crippen molar-refractivity contribution in [2.45, 2.75) is 30.2 Å². The number of carbonyl (C=O) groups excluding carboxylic acids is 2. The molecule has 30 heavy (non-hydrogen) atoms. The zero-order valence-corrected chi connectivity index (χ0v) is 17.9. The normalized spacial score (nSPS) is 16.9. The lowest BCUT2D eigenvalue weighted by atomic mass is 9.99. The molecule has 3 rings (SSSR count). The third-order valence-electron chi connectivity index (χ3n) is 4.74. The molecule has 2 aromatic rings. The molecule has 1 aliphatic heterocycles. The van der Waals surface area contributed by atoms with Gasteiger partial charge in [-0.15, -0.1) is 0 Å². The summed E-state index contributed by atoms with van der Waals surface area (Å²) < 4.78 is 36.9. The second kappa shape index (κ2) is 8.89. The molecule has 160 valence electrons. The summed E-state index contributed by atoms with van der Waals surface area (Å²) in [6.07, 6.45) is 1.78. The summed E-state index contributed by atoms with van der Waals surface area (Å²) >= 11 is 12.0. The van der Waals surface area contributed by atoms with Gasteiger partial charge in [0.15, 0.2) is 0 Å². The first kappa shape index (κ1) is 22.5. The zero-order chi connectivity index (χ0) is 22.1. The minimum Gasteiger partial charge on any atom is -0.327 e. The molecule has 3 N–H and O–H groups in total. The molecule has 0 radical (unpaired) electrons. The van der Waals surface area contributed by atoms with Crippen molar-refractivity contribution in [1.29, 1.82) is 0 Å². The number of piperidine rings is 1. The summed E-state index contributed by atoms with van der Waals surface area (Å²) in [6, 6.07) is 6.69. The van der Waals surface area contributed by atoms with E-state index < -0.39 is 38.6 Å². The number of amides is 2. The first-order valence-corrected chi connectivity index (χ1v) is 11.3. The number of primary sulfonamides is 1. The van der Waals surface area contributed by atoms with Crippen LogP contribution < -0.4 is 10.5 Å². The van der Waals surface area contributed by atoms with Crippen LogP contribution in [0.1, 0.15) is 29.6 Å². The molecule has 1 atom stereocenters. The Morgan fingerprint density at radius 3 is 2.57 bits per heavy atom. The Balaban J connectivity index is 1.87. The summed E-state index contributed by atoms with van der Waals surface area (Å²) in [5, 5.41) is 8.36. The molecule has 1 aliphatic rings. The molecule has 0 saturated carbocycles. The summed E-state index contributed by atoms with van der Waals surface area (Å²) in [5.41, 5.74) is 0.228. The Bertz CT molecular complexity index is 1110. The lowest BCUT2D eigenvalue weighted by Gasteiger charge is -2.35. The minimum atomic E-state index is -4.35. The van der Waals surface area contributed by atoms with Gasteiger partial charge < -0.3 is 10.2 Å². The Morgan fingerprint density at radius 1 is 1.13 bits per heavy atom. The molecule has 1 unspecified atom stereocenters. The zero-order valence-electron chi connectivity index (χ0n) is 15.6. The van der Waals surface area contributed by atoms with Crippen molar-refractivity contribution in [1.82, 2.24) is 4.90 Å². The maximum atomic E-state index is 13.8. The van der Waals surface area contributed by atoms with Gasteiger partial charge in [-0.25, -0.2) is 17.9 Å². The smallest absolute Gasteiger partial charge is 0.254 e. The van der Waals surface area contributed by atoms with E-state index in [4.69, 9.17) is 28.3 Å². The number of carbonyl (C=O) groups is 2. The average molecular weight is 474 g/mol. The van der Waals surface area contributed by atoms with Gasteiger partial charge in [-0.05, 0) is 55.7 Å². The molecule has 0 spiro atoms. The number of anilines is 1. The summed E-state index contributed by atoms with van der Waals surface area (Å²) in [5.74, 6) is -2.12. The minimum absolute atomic E-state index is 0.0825. The molecule has 1 heterocycles. The molecule has 2 aromatic carbocycles. The van der Waals surface area contributed by atoms with Crippen LogP contribution in [-0.2, 0) is 14.8 Å². The third-order valence-corrected chi connectivity index (χ3v) is 6.23. The van der Waals surface area contributed by atoms with Crippen molar-refractivity contribution in [2.24, 2.45) is 5.14 Å². The van der Waals surface area contributed by atoms with Gasteiger partial charge in [0.1, 0.15) is 16.8 Å². The van der Waals surface area contributed by atoms with Gasteiger partial charge in [0.05, 0.1) is 10.7 Å². The van der Waals surface area contributed by atoms with E-state index >= 15 is 0 Å². The van der Waals surface area contributed by atoms with Crippen LogP contribution in [0.5, 0.6) is 0 Å². The fourth-order valence-electron chi connectivity index (χ4n) is 3.28. The number of hydrogen-bond acceptors (Lipinski definition) is 4. The van der Waals surface area contributed by atoms with E-state index in [1.54, 1.807) is 6.07 Å². The molecule has 0 aliphatic carbocycles. The monoisotopic (exact) mass is 473 g/mol. The predicted molar refractivity (Wildman–Crippen MR) is 112 cm³/mol. The van der Waals surface area contributed by atoms with Crippen LogP contribution in [0.15, 0.2) is 41.3 Å². The van der Waals surface area contributed by atoms with Crippen LogP contribution in [-0.4, -0.2) is 37.7 Å². The van der Waals surface area contributed by atoms with Crippen molar-refractivity contribution in [3.8, 4) is 0 Å². The Hall–Kier alpha value is -2.20. The second-order valence-corrected chi connectivity index (χ2v) is 9.19. The SMILES string of the molecule is NS(=O)(=O)c1cc(C(=O)N2CCCCC2C(=O)Nc2cc(Cl)ccc2Cl)ccc1F. The maximum absolute atomic E-state index is 13.8. The van der Waals surface area contributed by atoms with Crippen LogP contribution in [0.25, 0.3) is 0 Å². The van der Waals surface area contributed by atoms with Crippen molar-refractivity contribution < 1.29 is 22.4 Å². The maximum Gasteiger partial charge on any atom is 0.254 e. The summed E-state index contributed by atoms with van der Waals surface area (Å²) in [7, 11) is -4.35. The molecular formula is C19H18Cl2FN3O4S. The van der Waals surface area contributed by atoms with Gasteiger partial charge in [-0.1, -0.05) is 23.2 Å². The number of nitrogens with zero attached hydrogens (tertiary/aromatic N) is 1. The quantitative estimate of drug-likeness (QED) is 0.708. The Kier molecular flexibility index (Phi) is 6.66.